The van der Waals surface area contributed by atoms with Gasteiger partial charge in [-0.25, -0.2) is 0 Å². The van der Waals surface area contributed by atoms with Crippen molar-refractivity contribution in [2.45, 2.75) is 17.9 Å². The number of aryl methyl sites for hydroxylation is 1. The number of hydrogen-bond donors (Lipinski definition) is 1. The molecule has 0 unspecified atom stereocenters. The maximum atomic E-state index is 13.6. The molecule has 2 amide bonds. The minimum atomic E-state index is -0.892. The Balaban J connectivity index is 1.68. The molecule has 2 aromatic carbocycles. The van der Waals surface area contributed by atoms with E-state index in [1.54, 1.807) is 40.0 Å². The quantitative estimate of drug-likeness (QED) is 0.720. The Hall–Kier alpha value is -3.92. The lowest BCUT2D eigenvalue weighted by Crippen LogP contribution is -2.42. The van der Waals surface area contributed by atoms with Crippen LogP contribution in [0.4, 0.5) is 5.69 Å². The molecule has 2 aliphatic heterocycles. The molecule has 5 rings (SSSR count). The van der Waals surface area contributed by atoms with Crippen molar-refractivity contribution >= 4 is 17.5 Å². The molecule has 0 aliphatic carbocycles. The van der Waals surface area contributed by atoms with Crippen molar-refractivity contribution in [3.05, 3.63) is 83.2 Å². The molecular formula is C23H19N5O2. The zero-order valence-electron chi connectivity index (χ0n) is 16.4. The Kier molecular flexibility index (Phi) is 3.97. The Bertz CT molecular complexity index is 1220. The third-order valence-electron chi connectivity index (χ3n) is 6.17. The van der Waals surface area contributed by atoms with Crippen LogP contribution in [-0.4, -0.2) is 33.0 Å². The summed E-state index contributed by atoms with van der Waals surface area (Å²) < 4.78 is 1.67. The van der Waals surface area contributed by atoms with E-state index < -0.39 is 11.5 Å². The Morgan fingerprint density at radius 2 is 2.00 bits per heavy atom. The molecule has 3 heterocycles. The number of amides is 2. The molecular weight excluding hydrogens is 378 g/mol. The normalized spacial score (nSPS) is 22.1. The number of likely N-dealkylation sites (tertiary alicyclic amines) is 1. The molecule has 1 N–H and O–H groups in total. The lowest BCUT2D eigenvalue weighted by molar-refractivity contribution is -0.121. The second-order valence-corrected chi connectivity index (χ2v) is 7.73. The molecule has 0 saturated carbocycles. The van der Waals surface area contributed by atoms with Crippen molar-refractivity contribution in [2.24, 2.45) is 7.05 Å². The lowest BCUT2D eigenvalue weighted by Gasteiger charge is -2.33. The number of nitriles is 1. The van der Waals surface area contributed by atoms with Gasteiger partial charge in [0.1, 0.15) is 5.41 Å². The number of carbonyl (C=O) groups is 2. The highest BCUT2D eigenvalue weighted by Crippen LogP contribution is 2.54. The first kappa shape index (κ1) is 18.1. The predicted octanol–water partition coefficient (Wildman–Crippen LogP) is 2.77. The molecule has 0 bridgehead atoms. The van der Waals surface area contributed by atoms with Gasteiger partial charge in [-0.05, 0) is 30.2 Å². The van der Waals surface area contributed by atoms with Gasteiger partial charge in [0.15, 0.2) is 0 Å². The van der Waals surface area contributed by atoms with Gasteiger partial charge >= 0.3 is 0 Å². The van der Waals surface area contributed by atoms with Crippen LogP contribution in [0, 0.1) is 11.3 Å². The molecule has 1 fully saturated rings. The Morgan fingerprint density at radius 3 is 2.77 bits per heavy atom. The second-order valence-electron chi connectivity index (χ2n) is 7.73. The van der Waals surface area contributed by atoms with Crippen LogP contribution < -0.4 is 5.32 Å². The number of carbonyl (C=O) groups excluding carboxylic acids is 2. The van der Waals surface area contributed by atoms with Crippen LogP contribution in [0.2, 0.25) is 0 Å². The first-order chi connectivity index (χ1) is 14.6. The van der Waals surface area contributed by atoms with E-state index in [-0.39, 0.29) is 11.8 Å². The number of anilines is 1. The number of para-hydroxylation sites is 1. The monoisotopic (exact) mass is 397 g/mol. The third-order valence-corrected chi connectivity index (χ3v) is 6.17. The fourth-order valence-electron chi connectivity index (χ4n) is 4.87. The summed E-state index contributed by atoms with van der Waals surface area (Å²) in [5.74, 6) is -0.364. The van der Waals surface area contributed by atoms with E-state index in [9.17, 15) is 14.9 Å². The maximum Gasteiger partial charge on any atom is 0.255 e. The zero-order chi connectivity index (χ0) is 20.9. The Morgan fingerprint density at radius 1 is 1.23 bits per heavy atom. The van der Waals surface area contributed by atoms with E-state index in [0.29, 0.717) is 24.1 Å². The summed E-state index contributed by atoms with van der Waals surface area (Å²) in [4.78, 5) is 28.7. The van der Waals surface area contributed by atoms with E-state index >= 15 is 0 Å². The topological polar surface area (TPSA) is 91.0 Å². The highest BCUT2D eigenvalue weighted by atomic mass is 16.2. The van der Waals surface area contributed by atoms with E-state index in [0.717, 1.165) is 16.8 Å². The first-order valence-corrected chi connectivity index (χ1v) is 9.76. The van der Waals surface area contributed by atoms with Gasteiger partial charge in [0.2, 0.25) is 5.91 Å². The van der Waals surface area contributed by atoms with Gasteiger partial charge in [0.05, 0.1) is 29.4 Å². The molecule has 1 aromatic heterocycles. The van der Waals surface area contributed by atoms with Gasteiger partial charge in [-0.2, -0.15) is 10.4 Å². The number of aromatic nitrogens is 2. The van der Waals surface area contributed by atoms with E-state index in [1.165, 1.54) is 0 Å². The molecule has 7 nitrogen and oxygen atoms in total. The van der Waals surface area contributed by atoms with Crippen LogP contribution in [0.3, 0.4) is 0 Å². The summed E-state index contributed by atoms with van der Waals surface area (Å²) in [6.45, 7) is 0.403. The fraction of sp³-hybridized carbons (Fsp3) is 0.217. The van der Waals surface area contributed by atoms with Crippen LogP contribution in [0.5, 0.6) is 0 Å². The predicted molar refractivity (Wildman–Crippen MR) is 110 cm³/mol. The van der Waals surface area contributed by atoms with Crippen LogP contribution in [0.1, 0.15) is 39.5 Å². The van der Waals surface area contributed by atoms with Crippen molar-refractivity contribution in [2.75, 3.05) is 11.9 Å². The summed E-state index contributed by atoms with van der Waals surface area (Å²) in [5, 5.41) is 16.8. The van der Waals surface area contributed by atoms with Crippen LogP contribution in [-0.2, 0) is 17.3 Å². The number of nitrogens with zero attached hydrogens (tertiary/aromatic N) is 4. The van der Waals surface area contributed by atoms with Crippen LogP contribution in [0.15, 0.2) is 60.9 Å². The van der Waals surface area contributed by atoms with E-state index in [4.69, 9.17) is 0 Å². The summed E-state index contributed by atoms with van der Waals surface area (Å²) in [6, 6.07) is 16.0. The van der Waals surface area contributed by atoms with Crippen molar-refractivity contribution in [1.82, 2.24) is 14.7 Å². The van der Waals surface area contributed by atoms with E-state index in [1.807, 2.05) is 37.5 Å². The fourth-order valence-corrected chi connectivity index (χ4v) is 4.87. The average Bonchev–Trinajstić information content (AvgIpc) is 3.44. The molecule has 7 heteroatoms. The summed E-state index contributed by atoms with van der Waals surface area (Å²) in [5.41, 5.74) is 2.25. The molecule has 2 atom stereocenters. The average molecular weight is 397 g/mol. The lowest BCUT2D eigenvalue weighted by atomic mass is 9.73. The van der Waals surface area contributed by atoms with E-state index in [2.05, 4.69) is 16.5 Å². The first-order valence-electron chi connectivity index (χ1n) is 9.76. The van der Waals surface area contributed by atoms with Gasteiger partial charge in [-0.1, -0.05) is 30.3 Å². The highest BCUT2D eigenvalue weighted by Gasteiger charge is 2.59. The summed E-state index contributed by atoms with van der Waals surface area (Å²) >= 11 is 0. The number of benzene rings is 2. The van der Waals surface area contributed by atoms with Gasteiger partial charge < -0.3 is 10.2 Å². The molecule has 148 valence electrons. The van der Waals surface area contributed by atoms with Crippen molar-refractivity contribution in [1.29, 1.82) is 5.26 Å². The number of fused-ring (bicyclic) bond motifs is 2. The third kappa shape index (κ3) is 2.40. The molecule has 0 radical (unpaired) electrons. The van der Waals surface area contributed by atoms with Crippen molar-refractivity contribution in [3.63, 3.8) is 0 Å². The molecule has 2 aliphatic rings. The number of rotatable bonds is 2. The minimum Gasteiger partial charge on any atom is -0.330 e. The van der Waals surface area contributed by atoms with Gasteiger partial charge in [0, 0.05) is 31.0 Å². The van der Waals surface area contributed by atoms with Crippen molar-refractivity contribution in [3.8, 4) is 6.07 Å². The van der Waals surface area contributed by atoms with Gasteiger partial charge in [0.25, 0.3) is 5.91 Å². The highest BCUT2D eigenvalue weighted by molar-refractivity contribution is 6.08. The second kappa shape index (κ2) is 6.56. The van der Waals surface area contributed by atoms with Gasteiger partial charge in [-0.3, -0.25) is 14.3 Å². The van der Waals surface area contributed by atoms with Crippen LogP contribution in [0.25, 0.3) is 0 Å². The summed E-state index contributed by atoms with van der Waals surface area (Å²) in [6.07, 6.45) is 4.06. The molecule has 1 saturated heterocycles. The molecule has 3 aromatic rings. The number of hydrogen-bond acceptors (Lipinski definition) is 4. The SMILES string of the molecule is Cn1cc([C@@H]2N(C(=O)c3ccccc3C#N)CC[C@]23C(=O)Nc2ccccc23)cn1. The number of nitrogens with one attached hydrogen (secondary N) is 1. The standard InChI is InChI=1S/C23H19N5O2/c1-27-14-16(13-25-27)20-23(18-8-4-5-9-19(18)26-22(23)30)10-11-28(20)21(29)17-7-3-2-6-15(17)12-24/h2-9,13-14,20H,10-11H2,1H3,(H,26,30)/t20-,23+/m0/s1. The maximum absolute atomic E-state index is 13.6. The molecule has 1 spiro atoms. The largest absolute Gasteiger partial charge is 0.330 e. The van der Waals surface area contributed by atoms with Crippen molar-refractivity contribution < 1.29 is 9.59 Å². The molecule has 30 heavy (non-hydrogen) atoms. The Labute approximate surface area is 173 Å². The zero-order valence-corrected chi connectivity index (χ0v) is 16.4. The smallest absolute Gasteiger partial charge is 0.255 e. The van der Waals surface area contributed by atoms with Gasteiger partial charge in [-0.15, -0.1) is 0 Å². The minimum absolute atomic E-state index is 0.110. The summed E-state index contributed by atoms with van der Waals surface area (Å²) in [7, 11) is 1.81. The van der Waals surface area contributed by atoms with Crippen LogP contribution >= 0.6 is 0 Å².